The molecule has 1 unspecified atom stereocenters. The molecule has 0 saturated heterocycles. The molecule has 0 bridgehead atoms. The average Bonchev–Trinajstić information content (AvgIpc) is 3.67. The van der Waals surface area contributed by atoms with Gasteiger partial charge in [-0.3, -0.25) is 4.68 Å². The van der Waals surface area contributed by atoms with Gasteiger partial charge in [0.2, 0.25) is 0 Å². The molecule has 3 heterocycles. The second-order valence-corrected chi connectivity index (χ2v) is 11.3. The largest absolute Gasteiger partial charge is 0.416 e. The maximum atomic E-state index is 13.6. The number of fused-ring (bicyclic) bond motifs is 1. The zero-order valence-electron chi connectivity index (χ0n) is 24.0. The topological polar surface area (TPSA) is 104 Å². The number of nitrogens with zero attached hydrogens (tertiary/aromatic N) is 8. The number of aromatic nitrogens is 7. The summed E-state index contributed by atoms with van der Waals surface area (Å²) < 4.78 is 83.5. The molecule has 43 heavy (non-hydrogen) atoms. The van der Waals surface area contributed by atoms with Gasteiger partial charge in [0.05, 0.1) is 29.6 Å². The maximum absolute atomic E-state index is 13.6. The molecule has 1 saturated carbocycles. The first-order valence-electron chi connectivity index (χ1n) is 14.0. The van der Waals surface area contributed by atoms with E-state index in [1.807, 2.05) is 13.0 Å². The van der Waals surface area contributed by atoms with Crippen molar-refractivity contribution in [3.8, 4) is 0 Å². The Bertz CT molecular complexity index is 1550. The predicted octanol–water partition coefficient (Wildman–Crippen LogP) is 5.67. The highest BCUT2D eigenvalue weighted by Crippen LogP contribution is 2.38. The SMILES string of the molecule is Cc1nn(C)c2nc(C(CN)CC3CCCC3)c(CN(Cc3cc(C(F)(F)F)cc(C(F)(F)F)c3)c3nnn(C)n3)cc12. The molecule has 1 aromatic carbocycles. The van der Waals surface area contributed by atoms with E-state index in [0.717, 1.165) is 61.0 Å². The molecular weight excluding hydrogens is 576 g/mol. The molecule has 1 atom stereocenters. The van der Waals surface area contributed by atoms with Gasteiger partial charge in [0.25, 0.3) is 5.95 Å². The standard InChI is InChI=1S/C28H33F6N9/c1-16-23-11-20(24(36-25(23)41(2)38-16)19(13-35)8-17-6-4-5-7-17)15-43(26-37-40-42(3)39-26)14-18-9-21(27(29,30)31)12-22(10-18)28(32,33)34/h9-12,17,19H,4-8,13-15,35H2,1-3H3. The second-order valence-electron chi connectivity index (χ2n) is 11.3. The Hall–Kier alpha value is -3.75. The van der Waals surface area contributed by atoms with Crippen molar-refractivity contribution >= 4 is 17.0 Å². The van der Waals surface area contributed by atoms with Crippen molar-refractivity contribution in [3.63, 3.8) is 0 Å². The number of rotatable bonds is 9. The number of halogens is 6. The van der Waals surface area contributed by atoms with Gasteiger partial charge in [-0.1, -0.05) is 30.8 Å². The summed E-state index contributed by atoms with van der Waals surface area (Å²) >= 11 is 0. The highest BCUT2D eigenvalue weighted by molar-refractivity contribution is 5.79. The van der Waals surface area contributed by atoms with Crippen LogP contribution in [0.15, 0.2) is 24.3 Å². The molecule has 0 aliphatic heterocycles. The van der Waals surface area contributed by atoms with Crippen LogP contribution in [0, 0.1) is 12.8 Å². The van der Waals surface area contributed by atoms with E-state index in [1.54, 1.807) is 11.7 Å². The maximum Gasteiger partial charge on any atom is 0.416 e. The molecule has 5 rings (SSSR count). The van der Waals surface area contributed by atoms with E-state index < -0.39 is 23.5 Å². The minimum Gasteiger partial charge on any atom is -0.330 e. The van der Waals surface area contributed by atoms with Crippen LogP contribution >= 0.6 is 0 Å². The van der Waals surface area contributed by atoms with Crippen molar-refractivity contribution in [3.05, 3.63) is 57.9 Å². The van der Waals surface area contributed by atoms with Crippen LogP contribution in [0.1, 0.15) is 71.7 Å². The number of hydrogen-bond acceptors (Lipinski definition) is 7. The molecule has 4 aromatic rings. The van der Waals surface area contributed by atoms with Gasteiger partial charge in [0.15, 0.2) is 5.65 Å². The summed E-state index contributed by atoms with van der Waals surface area (Å²) in [6.07, 6.45) is -4.60. The second kappa shape index (κ2) is 11.7. The van der Waals surface area contributed by atoms with Gasteiger partial charge in [-0.05, 0) is 59.9 Å². The van der Waals surface area contributed by atoms with Gasteiger partial charge in [0.1, 0.15) is 0 Å². The molecule has 9 nitrogen and oxygen atoms in total. The number of alkyl halides is 6. The lowest BCUT2D eigenvalue weighted by Gasteiger charge is -2.26. The summed E-state index contributed by atoms with van der Waals surface area (Å²) in [5, 5.41) is 17.4. The number of tetrazole rings is 1. The van der Waals surface area contributed by atoms with E-state index in [9.17, 15) is 26.3 Å². The van der Waals surface area contributed by atoms with E-state index in [-0.39, 0.29) is 36.6 Å². The molecule has 0 amide bonds. The van der Waals surface area contributed by atoms with Crippen molar-refractivity contribution in [1.29, 1.82) is 0 Å². The summed E-state index contributed by atoms with van der Waals surface area (Å²) in [7, 11) is 3.31. The minimum absolute atomic E-state index is 0.0388. The van der Waals surface area contributed by atoms with Crippen molar-refractivity contribution in [2.45, 2.75) is 70.4 Å². The van der Waals surface area contributed by atoms with Gasteiger partial charge in [0, 0.05) is 38.0 Å². The van der Waals surface area contributed by atoms with E-state index in [0.29, 0.717) is 23.7 Å². The Morgan fingerprint density at radius 2 is 1.60 bits per heavy atom. The lowest BCUT2D eigenvalue weighted by molar-refractivity contribution is -0.143. The molecule has 15 heteroatoms. The fourth-order valence-corrected chi connectivity index (χ4v) is 5.98. The van der Waals surface area contributed by atoms with Crippen molar-refractivity contribution < 1.29 is 26.3 Å². The van der Waals surface area contributed by atoms with Crippen LogP contribution in [0.4, 0.5) is 32.3 Å². The molecule has 0 radical (unpaired) electrons. The molecule has 0 spiro atoms. The Morgan fingerprint density at radius 1 is 0.953 bits per heavy atom. The molecule has 3 aromatic heterocycles. The summed E-state index contributed by atoms with van der Waals surface area (Å²) in [4.78, 5) is 7.67. The van der Waals surface area contributed by atoms with Crippen LogP contribution in [0.3, 0.4) is 0 Å². The van der Waals surface area contributed by atoms with E-state index in [1.165, 1.54) is 16.7 Å². The van der Waals surface area contributed by atoms with Gasteiger partial charge in [-0.25, -0.2) is 4.98 Å². The van der Waals surface area contributed by atoms with Crippen LogP contribution in [-0.2, 0) is 39.5 Å². The van der Waals surface area contributed by atoms with Crippen LogP contribution in [0.25, 0.3) is 11.0 Å². The molecule has 1 aliphatic carbocycles. The third kappa shape index (κ3) is 6.76. The average molecular weight is 610 g/mol. The number of hydrogen-bond donors (Lipinski definition) is 1. The highest BCUT2D eigenvalue weighted by Gasteiger charge is 2.37. The van der Waals surface area contributed by atoms with Crippen molar-refractivity contribution in [1.82, 2.24) is 35.0 Å². The number of aryl methyl sites for hydroxylation is 3. The first-order chi connectivity index (χ1) is 20.2. The van der Waals surface area contributed by atoms with Gasteiger partial charge in [-0.15, -0.1) is 5.10 Å². The first-order valence-corrected chi connectivity index (χ1v) is 14.0. The van der Waals surface area contributed by atoms with Crippen LogP contribution in [0.2, 0.25) is 0 Å². The first kappa shape index (κ1) is 30.7. The highest BCUT2D eigenvalue weighted by atomic mass is 19.4. The van der Waals surface area contributed by atoms with E-state index in [2.05, 4.69) is 20.5 Å². The number of benzene rings is 1. The lowest BCUT2D eigenvalue weighted by atomic mass is 9.88. The van der Waals surface area contributed by atoms with E-state index >= 15 is 0 Å². The Balaban J connectivity index is 1.60. The smallest absolute Gasteiger partial charge is 0.330 e. The van der Waals surface area contributed by atoms with Gasteiger partial charge in [-0.2, -0.15) is 36.2 Å². The van der Waals surface area contributed by atoms with Gasteiger partial charge < -0.3 is 10.6 Å². The number of nitrogens with two attached hydrogens (primary N) is 1. The zero-order valence-corrected chi connectivity index (χ0v) is 24.0. The monoisotopic (exact) mass is 609 g/mol. The normalized spacial score (nSPS) is 15.5. The summed E-state index contributed by atoms with van der Waals surface area (Å²) in [6, 6.07) is 3.47. The third-order valence-electron chi connectivity index (χ3n) is 8.04. The summed E-state index contributed by atoms with van der Waals surface area (Å²) in [6.45, 7) is 1.86. The fourth-order valence-electron chi connectivity index (χ4n) is 5.98. The van der Waals surface area contributed by atoms with Crippen LogP contribution in [-0.4, -0.2) is 41.5 Å². The zero-order chi connectivity index (χ0) is 31.1. The molecular formula is C28H33F6N9. The minimum atomic E-state index is -4.97. The molecule has 2 N–H and O–H groups in total. The van der Waals surface area contributed by atoms with Crippen LogP contribution < -0.4 is 10.6 Å². The lowest BCUT2D eigenvalue weighted by Crippen LogP contribution is -2.27. The molecule has 232 valence electrons. The predicted molar refractivity (Wildman–Crippen MR) is 147 cm³/mol. The Morgan fingerprint density at radius 3 is 2.16 bits per heavy atom. The quantitative estimate of drug-likeness (QED) is 0.244. The summed E-state index contributed by atoms with van der Waals surface area (Å²) in [5.74, 6) is 0.429. The molecule has 1 fully saturated rings. The number of pyridine rings is 1. The van der Waals surface area contributed by atoms with E-state index in [4.69, 9.17) is 10.7 Å². The molecule has 1 aliphatic rings. The van der Waals surface area contributed by atoms with Gasteiger partial charge >= 0.3 is 12.4 Å². The van der Waals surface area contributed by atoms with Crippen molar-refractivity contribution in [2.75, 3.05) is 11.4 Å². The van der Waals surface area contributed by atoms with Crippen LogP contribution in [0.5, 0.6) is 0 Å². The number of anilines is 1. The fraction of sp³-hybridized carbons (Fsp3) is 0.536. The Kier molecular flexibility index (Phi) is 8.38. The Labute approximate surface area is 244 Å². The van der Waals surface area contributed by atoms with Crippen molar-refractivity contribution in [2.24, 2.45) is 25.7 Å². The summed E-state index contributed by atoms with van der Waals surface area (Å²) in [5.41, 5.74) is 6.14. The third-order valence-corrected chi connectivity index (χ3v) is 8.04.